The van der Waals surface area contributed by atoms with E-state index in [0.29, 0.717) is 16.4 Å². The molecule has 0 aliphatic heterocycles. The second-order valence-corrected chi connectivity index (χ2v) is 8.10. The van der Waals surface area contributed by atoms with Gasteiger partial charge in [-0.1, -0.05) is 41.9 Å². The van der Waals surface area contributed by atoms with Crippen molar-refractivity contribution >= 4 is 40.1 Å². The first-order chi connectivity index (χ1) is 15.4. The zero-order chi connectivity index (χ0) is 22.7. The van der Waals surface area contributed by atoms with Crippen LogP contribution in [0.1, 0.15) is 27.3 Å². The van der Waals surface area contributed by atoms with Gasteiger partial charge in [-0.2, -0.15) is 0 Å². The third-order valence-electron chi connectivity index (χ3n) is 5.07. The van der Waals surface area contributed by atoms with Gasteiger partial charge in [0.2, 0.25) is 5.91 Å². The molecule has 32 heavy (non-hydrogen) atoms. The van der Waals surface area contributed by atoms with Crippen LogP contribution in [0.4, 0.5) is 5.69 Å². The van der Waals surface area contributed by atoms with E-state index in [4.69, 9.17) is 11.6 Å². The van der Waals surface area contributed by atoms with Gasteiger partial charge in [0.25, 0.3) is 5.91 Å². The van der Waals surface area contributed by atoms with Gasteiger partial charge in [-0.15, -0.1) is 0 Å². The lowest BCUT2D eigenvalue weighted by molar-refractivity contribution is -0.116. The van der Waals surface area contributed by atoms with E-state index in [0.717, 1.165) is 27.8 Å². The summed E-state index contributed by atoms with van der Waals surface area (Å²) in [5.41, 5.74) is 4.89. The smallest absolute Gasteiger partial charge is 0.253 e. The molecule has 0 aliphatic carbocycles. The minimum atomic E-state index is -0.297. The number of aromatic nitrogens is 2. The molecule has 0 fully saturated rings. The van der Waals surface area contributed by atoms with Gasteiger partial charge in [0.05, 0.1) is 28.2 Å². The van der Waals surface area contributed by atoms with Crippen molar-refractivity contribution in [1.29, 1.82) is 0 Å². The van der Waals surface area contributed by atoms with Crippen LogP contribution in [0, 0.1) is 13.8 Å². The van der Waals surface area contributed by atoms with Crippen LogP contribution < -0.4 is 10.6 Å². The number of carbonyl (C=O) groups excluding carboxylic acids is 2. The van der Waals surface area contributed by atoms with Crippen molar-refractivity contribution in [2.75, 3.05) is 5.32 Å². The van der Waals surface area contributed by atoms with Crippen molar-refractivity contribution in [1.82, 2.24) is 14.9 Å². The maximum Gasteiger partial charge on any atom is 0.253 e. The van der Waals surface area contributed by atoms with Crippen LogP contribution in [-0.2, 0) is 17.9 Å². The predicted octanol–water partition coefficient (Wildman–Crippen LogP) is 4.88. The van der Waals surface area contributed by atoms with Gasteiger partial charge in [0.15, 0.2) is 0 Å². The van der Waals surface area contributed by atoms with Gasteiger partial charge < -0.3 is 15.2 Å². The Morgan fingerprint density at radius 1 is 0.969 bits per heavy atom. The van der Waals surface area contributed by atoms with E-state index in [9.17, 15) is 9.59 Å². The van der Waals surface area contributed by atoms with Crippen molar-refractivity contribution in [3.63, 3.8) is 0 Å². The average Bonchev–Trinajstić information content (AvgIpc) is 3.09. The molecule has 2 N–H and O–H groups in total. The molecule has 3 aromatic carbocycles. The van der Waals surface area contributed by atoms with Crippen molar-refractivity contribution in [2.45, 2.75) is 26.9 Å². The SMILES string of the molecule is Cc1cc(C)cc(NC(=O)Cn2c(CNC(=O)c3ccccc3Cl)nc3ccccc32)c1. The molecule has 0 atom stereocenters. The number of hydrogen-bond donors (Lipinski definition) is 2. The third kappa shape index (κ3) is 4.81. The summed E-state index contributed by atoms with van der Waals surface area (Å²) in [6.45, 7) is 4.22. The number of benzene rings is 3. The van der Waals surface area contributed by atoms with Gasteiger partial charge in [0.1, 0.15) is 12.4 Å². The number of fused-ring (bicyclic) bond motifs is 1. The topological polar surface area (TPSA) is 76.0 Å². The Morgan fingerprint density at radius 2 is 1.66 bits per heavy atom. The fourth-order valence-electron chi connectivity index (χ4n) is 3.73. The lowest BCUT2D eigenvalue weighted by Crippen LogP contribution is -2.26. The number of nitrogens with one attached hydrogen (secondary N) is 2. The number of anilines is 1. The fraction of sp³-hybridized carbons (Fsp3) is 0.160. The summed E-state index contributed by atoms with van der Waals surface area (Å²) < 4.78 is 1.82. The average molecular weight is 447 g/mol. The van der Waals surface area contributed by atoms with Crippen LogP contribution in [0.2, 0.25) is 5.02 Å². The number of imidazole rings is 1. The van der Waals surface area contributed by atoms with Gasteiger partial charge in [0, 0.05) is 5.69 Å². The Hall–Kier alpha value is -3.64. The molecule has 6 nitrogen and oxygen atoms in total. The van der Waals surface area contributed by atoms with Gasteiger partial charge in [-0.3, -0.25) is 9.59 Å². The molecule has 0 spiro atoms. The van der Waals surface area contributed by atoms with E-state index >= 15 is 0 Å². The number of aryl methyl sites for hydroxylation is 2. The molecule has 0 bridgehead atoms. The maximum atomic E-state index is 12.8. The highest BCUT2D eigenvalue weighted by Crippen LogP contribution is 2.19. The molecule has 0 aliphatic rings. The van der Waals surface area contributed by atoms with Crippen LogP contribution in [0.3, 0.4) is 0 Å². The Bertz CT molecular complexity index is 1290. The number of rotatable bonds is 6. The highest BCUT2D eigenvalue weighted by molar-refractivity contribution is 6.33. The van der Waals surface area contributed by atoms with E-state index in [-0.39, 0.29) is 24.9 Å². The van der Waals surface area contributed by atoms with Crippen LogP contribution in [0.15, 0.2) is 66.7 Å². The van der Waals surface area contributed by atoms with E-state index in [1.54, 1.807) is 24.3 Å². The summed E-state index contributed by atoms with van der Waals surface area (Å²) >= 11 is 6.13. The second kappa shape index (κ2) is 9.24. The summed E-state index contributed by atoms with van der Waals surface area (Å²) in [6.07, 6.45) is 0. The first kappa shape index (κ1) is 21.6. The van der Waals surface area contributed by atoms with Gasteiger partial charge in [-0.05, 0) is 61.4 Å². The highest BCUT2D eigenvalue weighted by atomic mass is 35.5. The molecule has 0 saturated carbocycles. The van der Waals surface area contributed by atoms with Crippen molar-refractivity contribution in [3.8, 4) is 0 Å². The van der Waals surface area contributed by atoms with Crippen LogP contribution in [0.25, 0.3) is 11.0 Å². The summed E-state index contributed by atoms with van der Waals surface area (Å²) in [5, 5.41) is 6.20. The van der Waals surface area contributed by atoms with Crippen molar-refractivity contribution < 1.29 is 9.59 Å². The highest BCUT2D eigenvalue weighted by Gasteiger charge is 2.16. The van der Waals surface area contributed by atoms with Gasteiger partial charge in [-0.25, -0.2) is 4.98 Å². The quantitative estimate of drug-likeness (QED) is 0.443. The van der Waals surface area contributed by atoms with Gasteiger partial charge >= 0.3 is 0 Å². The Balaban J connectivity index is 1.55. The second-order valence-electron chi connectivity index (χ2n) is 7.69. The number of hydrogen-bond acceptors (Lipinski definition) is 3. The molecular formula is C25H23ClN4O2. The molecule has 162 valence electrons. The van der Waals surface area contributed by atoms with E-state index in [1.165, 1.54) is 0 Å². The van der Waals surface area contributed by atoms with Crippen molar-refractivity contribution in [2.24, 2.45) is 0 Å². The summed E-state index contributed by atoms with van der Waals surface area (Å²) in [4.78, 5) is 30.0. The van der Waals surface area contributed by atoms with Crippen LogP contribution >= 0.6 is 11.6 Å². The summed E-state index contributed by atoms with van der Waals surface area (Å²) in [5.74, 6) is 0.118. The third-order valence-corrected chi connectivity index (χ3v) is 5.40. The summed E-state index contributed by atoms with van der Waals surface area (Å²) in [6, 6.07) is 20.4. The number of nitrogens with zero attached hydrogens (tertiary/aromatic N) is 2. The minimum Gasteiger partial charge on any atom is -0.345 e. The Kier molecular flexibility index (Phi) is 6.23. The maximum absolute atomic E-state index is 12.8. The molecular weight excluding hydrogens is 424 g/mol. The molecule has 0 radical (unpaired) electrons. The molecule has 1 aromatic heterocycles. The Morgan fingerprint density at radius 3 is 2.41 bits per heavy atom. The predicted molar refractivity (Wildman–Crippen MR) is 127 cm³/mol. The summed E-state index contributed by atoms with van der Waals surface area (Å²) in [7, 11) is 0. The minimum absolute atomic E-state index is 0.0742. The van der Waals surface area contributed by atoms with E-state index < -0.39 is 0 Å². The molecule has 2 amide bonds. The number of para-hydroxylation sites is 2. The van der Waals surface area contributed by atoms with E-state index in [2.05, 4.69) is 21.7 Å². The monoisotopic (exact) mass is 446 g/mol. The van der Waals surface area contributed by atoms with Crippen LogP contribution in [-0.4, -0.2) is 21.4 Å². The molecule has 0 unspecified atom stereocenters. The first-order valence-electron chi connectivity index (χ1n) is 10.3. The van der Waals surface area contributed by atoms with E-state index in [1.807, 2.05) is 54.8 Å². The standard InChI is InChI=1S/C25H23ClN4O2/c1-16-11-17(2)13-18(12-16)28-24(31)15-30-22-10-6-5-9-21(22)29-23(30)14-27-25(32)19-7-3-4-8-20(19)26/h3-13H,14-15H2,1-2H3,(H,27,32)(H,28,31). The molecule has 7 heteroatoms. The lowest BCUT2D eigenvalue weighted by Gasteiger charge is -2.12. The molecule has 4 rings (SSSR count). The fourth-order valence-corrected chi connectivity index (χ4v) is 3.95. The first-order valence-corrected chi connectivity index (χ1v) is 10.6. The normalized spacial score (nSPS) is 10.8. The largest absolute Gasteiger partial charge is 0.345 e. The molecule has 4 aromatic rings. The van der Waals surface area contributed by atoms with Crippen molar-refractivity contribution in [3.05, 3.63) is 94.3 Å². The number of amides is 2. The lowest BCUT2D eigenvalue weighted by atomic mass is 10.1. The zero-order valence-corrected chi connectivity index (χ0v) is 18.6. The number of carbonyl (C=O) groups is 2. The Labute approximate surface area is 191 Å². The molecule has 0 saturated heterocycles. The van der Waals surface area contributed by atoms with Crippen LogP contribution in [0.5, 0.6) is 0 Å². The molecule has 1 heterocycles. The zero-order valence-electron chi connectivity index (χ0n) is 17.9. The number of halogens is 1.